The molecule has 1 heterocycles. The summed E-state index contributed by atoms with van der Waals surface area (Å²) in [7, 11) is -4.92. The van der Waals surface area contributed by atoms with Gasteiger partial charge in [-0.15, -0.1) is 0 Å². The molecule has 2 aromatic rings. The standard InChI is InChI=1S/C12H6Cl2IO.H2O4S/c13-7-1-3-11-9(5-7)15-10-6-8(14)2-4-12(10)16-11;1-5(2,3)4/h1-6H;(H2,1,2,3,4)/q+1;/p-1. The second kappa shape index (κ2) is 6.67. The Labute approximate surface area is 141 Å². The summed E-state index contributed by atoms with van der Waals surface area (Å²) in [6.07, 6.45) is 0. The van der Waals surface area contributed by atoms with E-state index >= 15 is 0 Å². The lowest BCUT2D eigenvalue weighted by atomic mass is 10.3. The number of benzene rings is 2. The average Bonchev–Trinajstić information content (AvgIpc) is 2.34. The first-order valence-electron chi connectivity index (χ1n) is 5.32. The van der Waals surface area contributed by atoms with E-state index in [-0.39, 0.29) is 21.2 Å². The van der Waals surface area contributed by atoms with Crippen molar-refractivity contribution in [2.45, 2.75) is 0 Å². The van der Waals surface area contributed by atoms with Crippen molar-refractivity contribution >= 4 is 33.6 Å². The lowest BCUT2D eigenvalue weighted by Crippen LogP contribution is -3.61. The Kier molecular flexibility index (Phi) is 5.33. The van der Waals surface area contributed by atoms with Crippen molar-refractivity contribution in [2.24, 2.45) is 0 Å². The van der Waals surface area contributed by atoms with Crippen molar-refractivity contribution in [3.63, 3.8) is 0 Å². The first-order chi connectivity index (χ1) is 9.72. The van der Waals surface area contributed by atoms with Crippen molar-refractivity contribution < 1.29 is 43.5 Å². The quantitative estimate of drug-likeness (QED) is 0.295. The third-order valence-electron chi connectivity index (χ3n) is 2.21. The summed E-state index contributed by atoms with van der Waals surface area (Å²) in [4.78, 5) is 0. The van der Waals surface area contributed by atoms with E-state index in [0.717, 1.165) is 21.5 Å². The fraction of sp³-hybridized carbons (Fsp3) is 0. The van der Waals surface area contributed by atoms with Crippen molar-refractivity contribution in [3.8, 4) is 11.5 Å². The van der Waals surface area contributed by atoms with Crippen LogP contribution >= 0.6 is 23.2 Å². The topological polar surface area (TPSA) is 86.7 Å². The molecule has 0 spiro atoms. The molecule has 0 aliphatic carbocycles. The highest BCUT2D eigenvalue weighted by Crippen LogP contribution is 2.27. The van der Waals surface area contributed by atoms with Gasteiger partial charge in [-0.25, -0.2) is 8.42 Å². The van der Waals surface area contributed by atoms with Crippen molar-refractivity contribution in [2.75, 3.05) is 0 Å². The number of fused-ring (bicyclic) bond motifs is 2. The molecule has 0 atom stereocenters. The maximum absolute atomic E-state index is 8.63. The molecule has 5 nitrogen and oxygen atoms in total. The van der Waals surface area contributed by atoms with Crippen LogP contribution in [0.4, 0.5) is 0 Å². The molecule has 0 saturated heterocycles. The fourth-order valence-corrected chi connectivity index (χ4v) is 4.92. The molecule has 0 unspecified atom stereocenters. The van der Waals surface area contributed by atoms with Gasteiger partial charge < -0.3 is 9.29 Å². The zero-order valence-corrected chi connectivity index (χ0v) is 14.6. The summed E-state index contributed by atoms with van der Waals surface area (Å²) in [5, 5.41) is 1.51. The van der Waals surface area contributed by atoms with Gasteiger partial charge >= 0.3 is 21.2 Å². The van der Waals surface area contributed by atoms with Crippen LogP contribution in [0.15, 0.2) is 36.4 Å². The fourth-order valence-electron chi connectivity index (χ4n) is 1.49. The minimum atomic E-state index is -4.92. The molecule has 2 aromatic carbocycles. The molecular formula is C12H7Cl2IO5S. The second-order valence-corrected chi connectivity index (χ2v) is 8.37. The van der Waals surface area contributed by atoms with Crippen LogP contribution in [-0.4, -0.2) is 17.5 Å². The van der Waals surface area contributed by atoms with Crippen LogP contribution in [0, 0.1) is 7.14 Å². The Bertz CT molecular complexity index is 722. The monoisotopic (exact) mass is 460 g/mol. The van der Waals surface area contributed by atoms with Crippen LogP contribution < -0.4 is 25.9 Å². The number of halogens is 3. The molecule has 1 aliphatic heterocycles. The Morgan fingerprint density at radius 3 is 1.76 bits per heavy atom. The molecule has 1 aliphatic rings. The minimum Gasteiger partial charge on any atom is -0.726 e. The van der Waals surface area contributed by atoms with Gasteiger partial charge in [0.15, 0.2) is 11.5 Å². The Balaban J connectivity index is 0.000000282. The average molecular weight is 461 g/mol. The summed E-state index contributed by atoms with van der Waals surface area (Å²) in [6.45, 7) is 0. The van der Waals surface area contributed by atoms with Crippen LogP contribution in [0.2, 0.25) is 10.0 Å². The summed E-state index contributed by atoms with van der Waals surface area (Å²) in [6, 6.07) is 11.5. The summed E-state index contributed by atoms with van der Waals surface area (Å²) in [5.74, 6) is 1.85. The van der Waals surface area contributed by atoms with Crippen molar-refractivity contribution in [1.29, 1.82) is 0 Å². The Morgan fingerprint density at radius 2 is 1.38 bits per heavy atom. The van der Waals surface area contributed by atoms with Crippen LogP contribution in [0.3, 0.4) is 0 Å². The normalized spacial score (nSPS) is 12.4. The highest BCUT2D eigenvalue weighted by Gasteiger charge is 2.31. The first kappa shape index (κ1) is 16.8. The van der Waals surface area contributed by atoms with E-state index in [2.05, 4.69) is 0 Å². The maximum Gasteiger partial charge on any atom is 0.366 e. The summed E-state index contributed by atoms with van der Waals surface area (Å²) >= 11 is 11.7. The van der Waals surface area contributed by atoms with E-state index in [1.807, 2.05) is 36.4 Å². The van der Waals surface area contributed by atoms with Crippen molar-refractivity contribution in [3.05, 3.63) is 53.6 Å². The zero-order valence-electron chi connectivity index (χ0n) is 10.1. The largest absolute Gasteiger partial charge is 0.726 e. The van der Waals surface area contributed by atoms with Crippen molar-refractivity contribution in [1.82, 2.24) is 0 Å². The summed E-state index contributed by atoms with van der Waals surface area (Å²) in [5.41, 5.74) is 0. The predicted molar refractivity (Wildman–Crippen MR) is 72.7 cm³/mol. The third kappa shape index (κ3) is 5.28. The van der Waals surface area contributed by atoms with E-state index in [4.69, 9.17) is 45.5 Å². The van der Waals surface area contributed by atoms with Crippen LogP contribution in [0.25, 0.3) is 0 Å². The molecule has 1 N–H and O–H groups in total. The third-order valence-corrected chi connectivity index (χ3v) is 5.53. The molecule has 3 rings (SSSR count). The van der Waals surface area contributed by atoms with E-state index in [0.29, 0.717) is 0 Å². The minimum absolute atomic E-state index is 0.252. The molecule has 0 radical (unpaired) electrons. The lowest BCUT2D eigenvalue weighted by Gasteiger charge is -2.10. The molecule has 0 aromatic heterocycles. The maximum atomic E-state index is 8.63. The molecule has 0 fully saturated rings. The van der Waals surface area contributed by atoms with Gasteiger partial charge in [-0.05, 0) is 24.3 Å². The van der Waals surface area contributed by atoms with Gasteiger partial charge in [0.1, 0.15) is 0 Å². The number of hydrogen-bond acceptors (Lipinski definition) is 4. The number of rotatable bonds is 0. The van der Waals surface area contributed by atoms with Gasteiger partial charge in [-0.2, -0.15) is 0 Å². The van der Waals surface area contributed by atoms with Gasteiger partial charge in [0, 0.05) is 22.2 Å². The highest BCUT2D eigenvalue weighted by molar-refractivity contribution is 7.79. The molecule has 112 valence electrons. The van der Waals surface area contributed by atoms with Crippen LogP contribution in [-0.2, 0) is 10.4 Å². The summed E-state index contributed by atoms with van der Waals surface area (Å²) < 4.78 is 41.0. The van der Waals surface area contributed by atoms with E-state index in [9.17, 15) is 0 Å². The molecular weight excluding hydrogens is 454 g/mol. The van der Waals surface area contributed by atoms with Gasteiger partial charge in [-0.3, -0.25) is 4.55 Å². The molecule has 9 heteroatoms. The SMILES string of the molecule is Clc1ccc2c(c1)[I+]c1cc(Cl)ccc1O2.O=S(=O)([O-])O. The second-order valence-electron chi connectivity index (χ2n) is 3.77. The number of hydrogen-bond donors (Lipinski definition) is 1. The van der Waals surface area contributed by atoms with Crippen LogP contribution in [0.1, 0.15) is 0 Å². The van der Waals surface area contributed by atoms with Gasteiger partial charge in [-0.1, -0.05) is 23.2 Å². The van der Waals surface area contributed by atoms with E-state index in [1.54, 1.807) is 0 Å². The van der Waals surface area contributed by atoms with Gasteiger partial charge in [0.2, 0.25) is 17.5 Å². The highest BCUT2D eigenvalue weighted by atomic mass is 127. The van der Waals surface area contributed by atoms with E-state index < -0.39 is 10.4 Å². The van der Waals surface area contributed by atoms with Crippen LogP contribution in [0.5, 0.6) is 11.5 Å². The Morgan fingerprint density at radius 1 is 1.00 bits per heavy atom. The lowest BCUT2D eigenvalue weighted by molar-refractivity contribution is -0.602. The smallest absolute Gasteiger partial charge is 0.366 e. The molecule has 0 saturated carbocycles. The van der Waals surface area contributed by atoms with Gasteiger partial charge in [0.05, 0.1) is 0 Å². The molecule has 21 heavy (non-hydrogen) atoms. The Hall–Kier alpha value is -0.580. The van der Waals surface area contributed by atoms with E-state index in [1.165, 1.54) is 7.14 Å². The molecule has 0 amide bonds. The predicted octanol–water partition coefficient (Wildman–Crippen LogP) is 0.232. The first-order valence-corrected chi connectivity index (χ1v) is 9.60. The number of ether oxygens (including phenoxy) is 1. The zero-order chi connectivity index (χ0) is 15.6. The molecule has 0 bridgehead atoms. The van der Waals surface area contributed by atoms with Gasteiger partial charge in [0.25, 0.3) is 0 Å².